The SMILES string of the molecule is CCCCCCCCCCCCCCCCCCCCCC(=O)OC1CC(C)(C)N(OCC(C)(C)OCCC)C(C)(C)C1. The van der Waals surface area contributed by atoms with Crippen molar-refractivity contribution in [3.05, 3.63) is 0 Å². The number of unbranched alkanes of at least 4 members (excludes halogenated alkanes) is 18. The number of hydrogen-bond acceptors (Lipinski definition) is 5. The molecule has 1 saturated heterocycles. The van der Waals surface area contributed by atoms with Crippen LogP contribution in [0.5, 0.6) is 0 Å². The number of hydrogen-bond donors (Lipinski definition) is 0. The fourth-order valence-electron chi connectivity index (χ4n) is 6.84. The smallest absolute Gasteiger partial charge is 0.306 e. The zero-order valence-electron chi connectivity index (χ0n) is 30.3. The first-order valence-electron chi connectivity index (χ1n) is 18.7. The Morgan fingerprint density at radius 3 is 1.44 bits per heavy atom. The second-order valence-electron chi connectivity index (χ2n) is 15.4. The van der Waals surface area contributed by atoms with E-state index < -0.39 is 0 Å². The lowest BCUT2D eigenvalue weighted by atomic mass is 9.80. The monoisotopic (exact) mass is 610 g/mol. The van der Waals surface area contributed by atoms with Crippen LogP contribution >= 0.6 is 0 Å². The second kappa shape index (κ2) is 22.8. The standard InChI is InChI=1S/C38H75NO4/c1-9-11-12-13-14-15-16-17-18-19-20-21-22-23-24-25-26-27-28-29-35(40)43-34-31-36(3,4)39(37(5,6)32-34)42-33-38(7,8)41-30-10-2/h34H,9-33H2,1-8H3. The van der Waals surface area contributed by atoms with Gasteiger partial charge in [-0.15, -0.1) is 0 Å². The first kappa shape index (κ1) is 40.4. The van der Waals surface area contributed by atoms with E-state index in [9.17, 15) is 4.79 Å². The highest BCUT2D eigenvalue weighted by molar-refractivity contribution is 5.69. The van der Waals surface area contributed by atoms with Gasteiger partial charge in [0.15, 0.2) is 0 Å². The van der Waals surface area contributed by atoms with Crippen LogP contribution in [0.4, 0.5) is 0 Å². The highest BCUT2D eigenvalue weighted by Crippen LogP contribution is 2.40. The van der Waals surface area contributed by atoms with Gasteiger partial charge in [-0.2, -0.15) is 5.06 Å². The molecule has 1 fully saturated rings. The molecule has 1 heterocycles. The normalized spacial score (nSPS) is 17.4. The van der Waals surface area contributed by atoms with Crippen molar-refractivity contribution in [2.24, 2.45) is 0 Å². The molecular formula is C38H75NO4. The zero-order valence-corrected chi connectivity index (χ0v) is 30.3. The van der Waals surface area contributed by atoms with Gasteiger partial charge in [-0.3, -0.25) is 9.63 Å². The largest absolute Gasteiger partial charge is 0.462 e. The van der Waals surface area contributed by atoms with Crippen molar-refractivity contribution in [1.29, 1.82) is 0 Å². The average molecular weight is 610 g/mol. The molecule has 0 aromatic heterocycles. The Balaban J connectivity index is 2.07. The van der Waals surface area contributed by atoms with Gasteiger partial charge in [0.05, 0.1) is 12.2 Å². The summed E-state index contributed by atoms with van der Waals surface area (Å²) in [6.07, 6.45) is 28.9. The molecule has 0 amide bonds. The van der Waals surface area contributed by atoms with Crippen LogP contribution in [0, 0.1) is 0 Å². The Bertz CT molecular complexity index is 671. The van der Waals surface area contributed by atoms with Crippen molar-refractivity contribution in [3.8, 4) is 0 Å². The van der Waals surface area contributed by atoms with E-state index in [1.165, 1.54) is 109 Å². The third kappa shape index (κ3) is 19.5. The summed E-state index contributed by atoms with van der Waals surface area (Å²) in [6.45, 7) is 18.6. The zero-order chi connectivity index (χ0) is 32.0. The number of piperidine rings is 1. The summed E-state index contributed by atoms with van der Waals surface area (Å²) in [6, 6.07) is 0. The average Bonchev–Trinajstić information content (AvgIpc) is 2.91. The van der Waals surface area contributed by atoms with Crippen LogP contribution < -0.4 is 0 Å². The van der Waals surface area contributed by atoms with Gasteiger partial charge >= 0.3 is 5.97 Å². The molecule has 0 aromatic carbocycles. The molecule has 5 nitrogen and oxygen atoms in total. The van der Waals surface area contributed by atoms with Gasteiger partial charge in [-0.05, 0) is 54.4 Å². The van der Waals surface area contributed by atoms with E-state index in [2.05, 4.69) is 60.5 Å². The Morgan fingerprint density at radius 1 is 0.651 bits per heavy atom. The molecular weight excluding hydrogens is 534 g/mol. The number of ether oxygens (including phenoxy) is 2. The summed E-state index contributed by atoms with van der Waals surface area (Å²) >= 11 is 0. The molecule has 256 valence electrons. The van der Waals surface area contributed by atoms with E-state index >= 15 is 0 Å². The van der Waals surface area contributed by atoms with Crippen LogP contribution in [0.1, 0.15) is 203 Å². The van der Waals surface area contributed by atoms with E-state index in [-0.39, 0.29) is 28.8 Å². The maximum absolute atomic E-state index is 12.7. The third-order valence-corrected chi connectivity index (χ3v) is 9.07. The summed E-state index contributed by atoms with van der Waals surface area (Å²) in [5, 5.41) is 2.12. The fraction of sp³-hybridized carbons (Fsp3) is 0.974. The van der Waals surface area contributed by atoms with E-state index in [4.69, 9.17) is 14.3 Å². The maximum atomic E-state index is 12.7. The molecule has 0 atom stereocenters. The summed E-state index contributed by atoms with van der Waals surface area (Å²) in [5.74, 6) is -0.0351. The van der Waals surface area contributed by atoms with Gasteiger partial charge < -0.3 is 9.47 Å². The van der Waals surface area contributed by atoms with Crippen molar-refractivity contribution in [1.82, 2.24) is 5.06 Å². The van der Waals surface area contributed by atoms with Crippen LogP contribution in [0.3, 0.4) is 0 Å². The van der Waals surface area contributed by atoms with Gasteiger partial charge in [0.2, 0.25) is 0 Å². The van der Waals surface area contributed by atoms with Gasteiger partial charge in [0.25, 0.3) is 0 Å². The second-order valence-corrected chi connectivity index (χ2v) is 15.4. The van der Waals surface area contributed by atoms with Crippen molar-refractivity contribution < 1.29 is 19.1 Å². The number of esters is 1. The van der Waals surface area contributed by atoms with Crippen molar-refractivity contribution in [2.75, 3.05) is 13.2 Å². The molecule has 0 unspecified atom stereocenters. The van der Waals surface area contributed by atoms with Crippen molar-refractivity contribution in [3.63, 3.8) is 0 Å². The molecule has 0 spiro atoms. The van der Waals surface area contributed by atoms with Gasteiger partial charge in [-0.25, -0.2) is 0 Å². The Morgan fingerprint density at radius 2 is 1.05 bits per heavy atom. The maximum Gasteiger partial charge on any atom is 0.306 e. The van der Waals surface area contributed by atoms with Crippen molar-refractivity contribution >= 4 is 5.97 Å². The summed E-state index contributed by atoms with van der Waals surface area (Å²) in [5.41, 5.74) is -0.806. The molecule has 0 bridgehead atoms. The van der Waals surface area contributed by atoms with Crippen molar-refractivity contribution in [2.45, 2.75) is 226 Å². The van der Waals surface area contributed by atoms with Crippen LogP contribution in [0.2, 0.25) is 0 Å². The van der Waals surface area contributed by atoms with Crippen LogP contribution in [-0.2, 0) is 19.1 Å². The van der Waals surface area contributed by atoms with Gasteiger partial charge in [0.1, 0.15) is 6.10 Å². The van der Waals surface area contributed by atoms with E-state index in [0.29, 0.717) is 13.0 Å². The highest BCUT2D eigenvalue weighted by Gasteiger charge is 2.48. The lowest BCUT2D eigenvalue weighted by molar-refractivity contribution is -0.309. The molecule has 1 rings (SSSR count). The number of carbonyl (C=O) groups is 1. The topological polar surface area (TPSA) is 48.0 Å². The molecule has 0 N–H and O–H groups in total. The highest BCUT2D eigenvalue weighted by atomic mass is 16.7. The number of carbonyl (C=O) groups excluding carboxylic acids is 1. The lowest BCUT2D eigenvalue weighted by Gasteiger charge is -2.53. The Kier molecular flexibility index (Phi) is 21.4. The summed E-state index contributed by atoms with van der Waals surface area (Å²) in [4.78, 5) is 19.0. The summed E-state index contributed by atoms with van der Waals surface area (Å²) < 4.78 is 12.0. The first-order chi connectivity index (χ1) is 20.4. The molecule has 1 aliphatic rings. The minimum Gasteiger partial charge on any atom is -0.462 e. The Labute approximate surface area is 268 Å². The molecule has 43 heavy (non-hydrogen) atoms. The number of hydroxylamine groups is 2. The fourth-order valence-corrected chi connectivity index (χ4v) is 6.84. The van der Waals surface area contributed by atoms with E-state index in [0.717, 1.165) is 38.7 Å². The molecule has 0 radical (unpaired) electrons. The summed E-state index contributed by atoms with van der Waals surface area (Å²) in [7, 11) is 0. The van der Waals surface area contributed by atoms with Gasteiger partial charge in [-0.1, -0.05) is 129 Å². The minimum atomic E-state index is -0.336. The molecule has 5 heteroatoms. The van der Waals surface area contributed by atoms with Crippen LogP contribution in [0.25, 0.3) is 0 Å². The molecule has 1 aliphatic heterocycles. The molecule has 0 aromatic rings. The molecule has 0 aliphatic carbocycles. The van der Waals surface area contributed by atoms with Gasteiger partial charge in [0, 0.05) is 36.9 Å². The van der Waals surface area contributed by atoms with E-state index in [1.807, 2.05) is 0 Å². The predicted octanol–water partition coefficient (Wildman–Crippen LogP) is 11.5. The molecule has 0 saturated carbocycles. The lowest BCUT2D eigenvalue weighted by Crippen LogP contribution is -2.62. The third-order valence-electron chi connectivity index (χ3n) is 9.07. The number of nitrogens with zero attached hydrogens (tertiary/aromatic N) is 1. The van der Waals surface area contributed by atoms with Crippen LogP contribution in [0.15, 0.2) is 0 Å². The van der Waals surface area contributed by atoms with Crippen LogP contribution in [-0.4, -0.2) is 47.0 Å². The quantitative estimate of drug-likeness (QED) is 0.0685. The predicted molar refractivity (Wildman–Crippen MR) is 183 cm³/mol. The number of rotatable bonds is 27. The Hall–Kier alpha value is -0.650. The first-order valence-corrected chi connectivity index (χ1v) is 18.7. The minimum absolute atomic E-state index is 0.0351. The van der Waals surface area contributed by atoms with E-state index in [1.54, 1.807) is 0 Å².